The molecule has 1 aliphatic carbocycles. The molecule has 7 heteroatoms. The van der Waals surface area contributed by atoms with Gasteiger partial charge in [-0.3, -0.25) is 4.90 Å². The molecule has 1 aromatic rings. The van der Waals surface area contributed by atoms with Gasteiger partial charge in [-0.25, -0.2) is 4.68 Å². The van der Waals surface area contributed by atoms with E-state index in [4.69, 9.17) is 4.74 Å². The molecule has 140 valence electrons. The average Bonchev–Trinajstić information content (AvgIpc) is 3.27. The number of aliphatic hydroxyl groups excluding tert-OH is 1. The average molecular weight is 349 g/mol. The van der Waals surface area contributed by atoms with E-state index in [2.05, 4.69) is 20.4 Å². The standard InChI is InChI=1S/C18H31N5O2/c24-17-6-2-1-4-15(17)16-5-3-9-22(16)13-18-19-20-21-23(18)12-14-7-10-25-11-8-14/h14-17,24H,1-13H2. The van der Waals surface area contributed by atoms with Gasteiger partial charge in [0.15, 0.2) is 5.82 Å². The zero-order valence-electron chi connectivity index (χ0n) is 15.1. The van der Waals surface area contributed by atoms with Crippen LogP contribution in [0.4, 0.5) is 0 Å². The lowest BCUT2D eigenvalue weighted by molar-refractivity contribution is 0.0189. The van der Waals surface area contributed by atoms with Crippen molar-refractivity contribution in [3.8, 4) is 0 Å². The number of ether oxygens (including phenoxy) is 1. The minimum absolute atomic E-state index is 0.127. The molecule has 1 N–H and O–H groups in total. The summed E-state index contributed by atoms with van der Waals surface area (Å²) >= 11 is 0. The Labute approximate surface area is 149 Å². The Balaban J connectivity index is 1.40. The van der Waals surface area contributed by atoms with E-state index < -0.39 is 0 Å². The number of hydrogen-bond donors (Lipinski definition) is 1. The van der Waals surface area contributed by atoms with Gasteiger partial charge in [0.2, 0.25) is 0 Å². The second-order valence-corrected chi connectivity index (χ2v) is 8.03. The van der Waals surface area contributed by atoms with E-state index in [1.165, 1.54) is 25.7 Å². The molecule has 1 aromatic heterocycles. The van der Waals surface area contributed by atoms with Crippen LogP contribution in [0.15, 0.2) is 0 Å². The maximum absolute atomic E-state index is 10.5. The van der Waals surface area contributed by atoms with Gasteiger partial charge < -0.3 is 9.84 Å². The Morgan fingerprint density at radius 3 is 2.72 bits per heavy atom. The number of rotatable bonds is 5. The van der Waals surface area contributed by atoms with Crippen molar-refractivity contribution >= 4 is 0 Å². The smallest absolute Gasteiger partial charge is 0.165 e. The molecule has 0 spiro atoms. The summed E-state index contributed by atoms with van der Waals surface area (Å²) in [5.74, 6) is 2.02. The summed E-state index contributed by atoms with van der Waals surface area (Å²) < 4.78 is 7.46. The number of hydrogen-bond acceptors (Lipinski definition) is 6. The third-order valence-electron chi connectivity index (χ3n) is 6.41. The van der Waals surface area contributed by atoms with Crippen LogP contribution in [0.2, 0.25) is 0 Å². The maximum atomic E-state index is 10.5. The van der Waals surface area contributed by atoms with Gasteiger partial charge in [0.25, 0.3) is 0 Å². The van der Waals surface area contributed by atoms with E-state index in [0.29, 0.717) is 17.9 Å². The van der Waals surface area contributed by atoms with Crippen LogP contribution in [0.3, 0.4) is 0 Å². The second-order valence-electron chi connectivity index (χ2n) is 8.03. The van der Waals surface area contributed by atoms with Gasteiger partial charge in [-0.15, -0.1) is 5.10 Å². The zero-order valence-corrected chi connectivity index (χ0v) is 15.1. The van der Waals surface area contributed by atoms with Crippen molar-refractivity contribution in [2.24, 2.45) is 11.8 Å². The Morgan fingerprint density at radius 1 is 1.04 bits per heavy atom. The molecule has 1 saturated carbocycles. The monoisotopic (exact) mass is 349 g/mol. The van der Waals surface area contributed by atoms with Crippen molar-refractivity contribution in [2.45, 2.75) is 76.6 Å². The highest BCUT2D eigenvalue weighted by Gasteiger charge is 2.37. The lowest BCUT2D eigenvalue weighted by Crippen LogP contribution is -2.42. The van der Waals surface area contributed by atoms with Crippen LogP contribution in [0.25, 0.3) is 0 Å². The third kappa shape index (κ3) is 4.04. The first kappa shape index (κ1) is 17.4. The van der Waals surface area contributed by atoms with Crippen molar-refractivity contribution < 1.29 is 9.84 Å². The van der Waals surface area contributed by atoms with E-state index in [9.17, 15) is 5.11 Å². The second kappa shape index (κ2) is 8.10. The highest BCUT2D eigenvalue weighted by Crippen LogP contribution is 2.35. The minimum Gasteiger partial charge on any atom is -0.393 e. The Hall–Kier alpha value is -1.05. The van der Waals surface area contributed by atoms with Crippen molar-refractivity contribution in [2.75, 3.05) is 19.8 Å². The summed E-state index contributed by atoms with van der Waals surface area (Å²) in [6, 6.07) is 0.489. The molecule has 4 rings (SSSR count). The summed E-state index contributed by atoms with van der Waals surface area (Å²) in [6.07, 6.45) is 9.05. The maximum Gasteiger partial charge on any atom is 0.165 e. The van der Waals surface area contributed by atoms with Gasteiger partial charge in [0.05, 0.1) is 12.6 Å². The van der Waals surface area contributed by atoms with Gasteiger partial charge >= 0.3 is 0 Å². The fourth-order valence-electron chi connectivity index (χ4n) is 4.96. The van der Waals surface area contributed by atoms with Crippen molar-refractivity contribution in [1.82, 2.24) is 25.1 Å². The van der Waals surface area contributed by atoms with E-state index in [1.807, 2.05) is 4.68 Å². The van der Waals surface area contributed by atoms with Crippen LogP contribution in [-0.4, -0.2) is 62.1 Å². The van der Waals surface area contributed by atoms with Gasteiger partial charge in [-0.2, -0.15) is 0 Å². The number of aromatic nitrogens is 4. The molecule has 7 nitrogen and oxygen atoms in total. The molecule has 3 aliphatic rings. The van der Waals surface area contributed by atoms with Crippen LogP contribution < -0.4 is 0 Å². The minimum atomic E-state index is -0.127. The first-order valence-electron chi connectivity index (χ1n) is 10.1. The number of aliphatic hydroxyl groups is 1. The molecule has 0 amide bonds. The first-order valence-corrected chi connectivity index (χ1v) is 10.1. The first-order chi connectivity index (χ1) is 12.3. The van der Waals surface area contributed by atoms with Crippen LogP contribution in [-0.2, 0) is 17.8 Å². The highest BCUT2D eigenvalue weighted by atomic mass is 16.5. The van der Waals surface area contributed by atoms with Crippen LogP contribution in [0, 0.1) is 11.8 Å². The summed E-state index contributed by atoms with van der Waals surface area (Å²) in [6.45, 7) is 4.52. The molecule has 3 fully saturated rings. The molecule has 2 aliphatic heterocycles. The molecular weight excluding hydrogens is 318 g/mol. The topological polar surface area (TPSA) is 76.3 Å². The van der Waals surface area contributed by atoms with Crippen LogP contribution in [0.5, 0.6) is 0 Å². The lowest BCUT2D eigenvalue weighted by atomic mass is 9.80. The molecule has 0 radical (unpaired) electrons. The summed E-state index contributed by atoms with van der Waals surface area (Å²) in [5, 5.41) is 23.0. The Morgan fingerprint density at radius 2 is 1.88 bits per heavy atom. The quantitative estimate of drug-likeness (QED) is 0.870. The molecule has 3 heterocycles. The molecule has 3 atom stereocenters. The van der Waals surface area contributed by atoms with Crippen molar-refractivity contribution in [3.05, 3.63) is 5.82 Å². The highest BCUT2D eigenvalue weighted by molar-refractivity contribution is 4.93. The van der Waals surface area contributed by atoms with Gasteiger partial charge in [-0.1, -0.05) is 12.8 Å². The molecule has 0 aromatic carbocycles. The zero-order chi connectivity index (χ0) is 17.1. The largest absolute Gasteiger partial charge is 0.393 e. The van der Waals surface area contributed by atoms with Crippen LogP contribution >= 0.6 is 0 Å². The van der Waals surface area contributed by atoms with Crippen molar-refractivity contribution in [1.29, 1.82) is 0 Å². The van der Waals surface area contributed by atoms with Gasteiger partial charge in [0, 0.05) is 31.7 Å². The van der Waals surface area contributed by atoms with Crippen LogP contribution in [0.1, 0.15) is 57.2 Å². The SMILES string of the molecule is OC1CCCCC1C1CCCN1Cc1nnnn1CC1CCOCC1. The summed E-state index contributed by atoms with van der Waals surface area (Å²) in [5.41, 5.74) is 0. The summed E-state index contributed by atoms with van der Waals surface area (Å²) in [4.78, 5) is 2.52. The normalized spacial score (nSPS) is 32.3. The predicted octanol–water partition coefficient (Wildman–Crippen LogP) is 1.62. The molecule has 0 bridgehead atoms. The molecule has 3 unspecified atom stereocenters. The number of tetrazole rings is 1. The number of likely N-dealkylation sites (tertiary alicyclic amines) is 1. The fraction of sp³-hybridized carbons (Fsp3) is 0.944. The van der Waals surface area contributed by atoms with Gasteiger partial charge in [0.1, 0.15) is 0 Å². The van der Waals surface area contributed by atoms with Gasteiger partial charge in [-0.05, 0) is 61.4 Å². The van der Waals surface area contributed by atoms with E-state index in [1.54, 1.807) is 0 Å². The lowest BCUT2D eigenvalue weighted by Gasteiger charge is -2.37. The molecule has 2 saturated heterocycles. The third-order valence-corrected chi connectivity index (χ3v) is 6.41. The Bertz CT molecular complexity index is 545. The molecule has 25 heavy (non-hydrogen) atoms. The fourth-order valence-corrected chi connectivity index (χ4v) is 4.96. The van der Waals surface area contributed by atoms with Crippen molar-refractivity contribution in [3.63, 3.8) is 0 Å². The summed E-state index contributed by atoms with van der Waals surface area (Å²) in [7, 11) is 0. The van der Waals surface area contributed by atoms with E-state index in [-0.39, 0.29) is 6.10 Å². The molecular formula is C18H31N5O2. The number of nitrogens with zero attached hydrogens (tertiary/aromatic N) is 5. The van der Waals surface area contributed by atoms with E-state index >= 15 is 0 Å². The predicted molar refractivity (Wildman–Crippen MR) is 92.8 cm³/mol. The Kier molecular flexibility index (Phi) is 5.63. The van der Waals surface area contributed by atoms with E-state index in [0.717, 1.165) is 64.4 Å².